The lowest BCUT2D eigenvalue weighted by molar-refractivity contribution is -0.136. The quantitative estimate of drug-likeness (QED) is 0.204. The maximum Gasteiger partial charge on any atom is 0.262 e. The van der Waals surface area contributed by atoms with E-state index in [1.54, 1.807) is 18.2 Å². The van der Waals surface area contributed by atoms with Crippen molar-refractivity contribution in [1.82, 2.24) is 20.0 Å². The molecule has 5 heterocycles. The standard InChI is InChI=1S/C48H50FN5O5/c49-35-6-1-30(2-7-35)39-11-5-32-23-38(55)10-12-40(32)45(39)31-3-8-36(9-4-31)52-21-15-29(16-22-52)26-51-19-17-37(18-20-51)53-27-33-24-41-42(25-34(33)28-53)48(59)54(47(41)58)43-13-14-44(56)50-46(43)57/h1-4,6-10,12,23-25,29,37,39,43,45,55H,5,11,13-22,26-28H2,(H,50,56,57)/t39-,43?,45+/m1/s1. The second kappa shape index (κ2) is 15.3. The summed E-state index contributed by atoms with van der Waals surface area (Å²) in [6.07, 6.45) is 6.60. The topological polar surface area (TPSA) is 114 Å². The highest BCUT2D eigenvalue weighted by molar-refractivity contribution is 6.23. The number of aryl methyl sites for hydroxylation is 1. The van der Waals surface area contributed by atoms with Crippen LogP contribution in [-0.4, -0.2) is 88.2 Å². The van der Waals surface area contributed by atoms with Crippen molar-refractivity contribution in [3.63, 3.8) is 0 Å². The third-order valence-corrected chi connectivity index (χ3v) is 14.2. The first-order valence-electron chi connectivity index (χ1n) is 21.4. The molecule has 4 aromatic rings. The molecule has 0 spiro atoms. The van der Waals surface area contributed by atoms with Crippen molar-refractivity contribution < 1.29 is 28.7 Å². The Morgan fingerprint density at radius 3 is 2.00 bits per heavy atom. The number of piperidine rings is 3. The summed E-state index contributed by atoms with van der Waals surface area (Å²) in [6, 6.07) is 25.0. The molecule has 3 saturated heterocycles. The average Bonchev–Trinajstić information content (AvgIpc) is 3.77. The molecule has 5 aliphatic heterocycles. The van der Waals surface area contributed by atoms with Crippen molar-refractivity contribution in [3.8, 4) is 5.75 Å². The Labute approximate surface area is 344 Å². The number of rotatable bonds is 7. The van der Waals surface area contributed by atoms with E-state index in [1.165, 1.54) is 35.2 Å². The molecule has 4 aromatic carbocycles. The second-order valence-electron chi connectivity index (χ2n) is 17.6. The van der Waals surface area contributed by atoms with Gasteiger partial charge in [-0.3, -0.25) is 34.3 Å². The number of aromatic hydroxyl groups is 1. The van der Waals surface area contributed by atoms with E-state index in [2.05, 4.69) is 50.3 Å². The summed E-state index contributed by atoms with van der Waals surface area (Å²) in [5.41, 5.74) is 8.96. The first kappa shape index (κ1) is 37.9. The lowest BCUT2D eigenvalue weighted by Gasteiger charge is -2.40. The molecule has 11 heteroatoms. The van der Waals surface area contributed by atoms with Crippen molar-refractivity contribution >= 4 is 29.3 Å². The monoisotopic (exact) mass is 795 g/mol. The molecule has 3 fully saturated rings. The Hall–Kier alpha value is -5.39. The number of halogens is 1. The lowest BCUT2D eigenvalue weighted by atomic mass is 9.69. The minimum Gasteiger partial charge on any atom is -0.508 e. The van der Waals surface area contributed by atoms with Crippen LogP contribution in [0.4, 0.5) is 10.1 Å². The largest absolute Gasteiger partial charge is 0.508 e. The van der Waals surface area contributed by atoms with Crippen LogP contribution in [0.15, 0.2) is 78.9 Å². The Kier molecular flexibility index (Phi) is 9.83. The molecule has 1 unspecified atom stereocenters. The molecule has 10 nitrogen and oxygen atoms in total. The lowest BCUT2D eigenvalue weighted by Crippen LogP contribution is -2.54. The van der Waals surface area contributed by atoms with Gasteiger partial charge in [0.2, 0.25) is 11.8 Å². The molecule has 0 aromatic heterocycles. The SMILES string of the molecule is O=C1CCC(N2C(=O)c3cc4c(cc3C2=O)CN(C2CCN(CC3CCN(c5ccc([C@@H]6c7ccc(O)cc7CC[C@@H]6c6ccc(F)cc6)cc5)CC3)CC2)C4)C(=O)N1. The number of carbonyl (C=O) groups is 4. The van der Waals surface area contributed by atoms with E-state index in [0.29, 0.717) is 28.8 Å². The first-order valence-corrected chi connectivity index (χ1v) is 21.4. The van der Waals surface area contributed by atoms with E-state index in [0.717, 1.165) is 93.1 Å². The molecular formula is C48H50FN5O5. The van der Waals surface area contributed by atoms with Gasteiger partial charge in [-0.1, -0.05) is 30.3 Å². The minimum absolute atomic E-state index is 0.109. The van der Waals surface area contributed by atoms with Crippen LogP contribution in [0.2, 0.25) is 0 Å². The zero-order chi connectivity index (χ0) is 40.4. The van der Waals surface area contributed by atoms with Crippen molar-refractivity contribution in [3.05, 3.63) is 129 Å². The van der Waals surface area contributed by atoms with Crippen LogP contribution in [0.3, 0.4) is 0 Å². The third-order valence-electron chi connectivity index (χ3n) is 14.2. The predicted molar refractivity (Wildman–Crippen MR) is 221 cm³/mol. The summed E-state index contributed by atoms with van der Waals surface area (Å²) >= 11 is 0. The van der Waals surface area contributed by atoms with Crippen molar-refractivity contribution in [2.75, 3.05) is 37.6 Å². The van der Waals surface area contributed by atoms with E-state index in [4.69, 9.17) is 0 Å². The van der Waals surface area contributed by atoms with Crippen LogP contribution >= 0.6 is 0 Å². The number of amides is 4. The number of phenolic OH excluding ortho intramolecular Hbond substituents is 1. The highest BCUT2D eigenvalue weighted by atomic mass is 19.1. The summed E-state index contributed by atoms with van der Waals surface area (Å²) in [7, 11) is 0. The molecule has 304 valence electrons. The van der Waals surface area contributed by atoms with Gasteiger partial charge < -0.3 is 14.9 Å². The number of phenols is 1. The number of hydrogen-bond acceptors (Lipinski definition) is 8. The smallest absolute Gasteiger partial charge is 0.262 e. The summed E-state index contributed by atoms with van der Waals surface area (Å²) in [5, 5.41) is 12.5. The second-order valence-corrected chi connectivity index (χ2v) is 17.6. The number of anilines is 1. The van der Waals surface area contributed by atoms with Crippen LogP contribution in [0.1, 0.15) is 111 Å². The molecular weight excluding hydrogens is 746 g/mol. The summed E-state index contributed by atoms with van der Waals surface area (Å²) in [6.45, 7) is 6.83. The summed E-state index contributed by atoms with van der Waals surface area (Å²) in [5.74, 6) is -0.742. The van der Waals surface area contributed by atoms with Gasteiger partial charge in [0.1, 0.15) is 17.6 Å². The summed E-state index contributed by atoms with van der Waals surface area (Å²) < 4.78 is 13.9. The number of nitrogens with one attached hydrogen (secondary N) is 1. The van der Waals surface area contributed by atoms with Gasteiger partial charge in [-0.15, -0.1) is 0 Å². The highest BCUT2D eigenvalue weighted by Gasteiger charge is 2.46. The number of likely N-dealkylation sites (tertiary alicyclic amines) is 1. The molecule has 0 bridgehead atoms. The molecule has 3 atom stereocenters. The average molecular weight is 796 g/mol. The number of fused-ring (bicyclic) bond motifs is 3. The Morgan fingerprint density at radius 2 is 1.34 bits per heavy atom. The van der Waals surface area contributed by atoms with Gasteiger partial charge in [0.25, 0.3) is 11.8 Å². The fourth-order valence-electron chi connectivity index (χ4n) is 11.0. The number of hydrogen-bond donors (Lipinski definition) is 2. The number of nitrogens with zero attached hydrogens (tertiary/aromatic N) is 4. The highest BCUT2D eigenvalue weighted by Crippen LogP contribution is 2.47. The molecule has 6 aliphatic rings. The fourth-order valence-corrected chi connectivity index (χ4v) is 11.0. The van der Waals surface area contributed by atoms with Gasteiger partial charge in [-0.25, -0.2) is 4.39 Å². The van der Waals surface area contributed by atoms with E-state index in [9.17, 15) is 28.7 Å². The maximum absolute atomic E-state index is 13.9. The van der Waals surface area contributed by atoms with E-state index < -0.39 is 23.8 Å². The minimum atomic E-state index is -0.948. The van der Waals surface area contributed by atoms with Gasteiger partial charge >= 0.3 is 0 Å². The fraction of sp³-hybridized carbons (Fsp3) is 0.417. The Bertz CT molecular complexity index is 2270. The predicted octanol–water partition coefficient (Wildman–Crippen LogP) is 6.49. The Balaban J connectivity index is 0.718. The van der Waals surface area contributed by atoms with Gasteiger partial charge in [-0.05, 0) is 152 Å². The van der Waals surface area contributed by atoms with Gasteiger partial charge in [0.05, 0.1) is 11.1 Å². The van der Waals surface area contributed by atoms with Crippen molar-refractivity contribution in [2.45, 2.75) is 88.4 Å². The zero-order valence-corrected chi connectivity index (χ0v) is 33.2. The molecule has 0 saturated carbocycles. The number of imide groups is 2. The number of benzene rings is 4. The van der Waals surface area contributed by atoms with Gasteiger partial charge in [0.15, 0.2) is 0 Å². The first-order chi connectivity index (χ1) is 28.7. The van der Waals surface area contributed by atoms with E-state index in [1.807, 2.05) is 30.3 Å². The van der Waals surface area contributed by atoms with E-state index >= 15 is 0 Å². The molecule has 59 heavy (non-hydrogen) atoms. The zero-order valence-electron chi connectivity index (χ0n) is 33.2. The molecule has 10 rings (SSSR count). The van der Waals surface area contributed by atoms with Gasteiger partial charge in [-0.2, -0.15) is 0 Å². The van der Waals surface area contributed by atoms with Crippen LogP contribution in [0.5, 0.6) is 5.75 Å². The third kappa shape index (κ3) is 7.12. The normalized spacial score (nSPS) is 24.3. The van der Waals surface area contributed by atoms with Crippen LogP contribution < -0.4 is 10.2 Å². The molecule has 4 amide bonds. The molecule has 2 N–H and O–H groups in total. The summed E-state index contributed by atoms with van der Waals surface area (Å²) in [4.78, 5) is 59.6. The Morgan fingerprint density at radius 1 is 0.678 bits per heavy atom. The maximum atomic E-state index is 13.9. The van der Waals surface area contributed by atoms with Crippen LogP contribution in [0.25, 0.3) is 0 Å². The van der Waals surface area contributed by atoms with E-state index in [-0.39, 0.29) is 36.4 Å². The van der Waals surface area contributed by atoms with Crippen molar-refractivity contribution in [2.24, 2.45) is 5.92 Å². The number of carbonyl (C=O) groups excluding carboxylic acids is 4. The molecule has 0 radical (unpaired) electrons. The van der Waals surface area contributed by atoms with Crippen LogP contribution in [-0.2, 0) is 29.1 Å². The van der Waals surface area contributed by atoms with Gasteiger partial charge in [0, 0.05) is 56.8 Å². The van der Waals surface area contributed by atoms with Crippen LogP contribution in [0, 0.1) is 11.7 Å². The van der Waals surface area contributed by atoms with Crippen molar-refractivity contribution in [1.29, 1.82) is 0 Å². The molecule has 1 aliphatic carbocycles.